The third kappa shape index (κ3) is 9.91. The van der Waals surface area contributed by atoms with Crippen molar-refractivity contribution >= 4 is 12.1 Å². The molecule has 0 bridgehead atoms. The highest BCUT2D eigenvalue weighted by atomic mass is 17.2. The van der Waals surface area contributed by atoms with Gasteiger partial charge in [0, 0.05) is 5.57 Å². The first kappa shape index (κ1) is 21.4. The van der Waals surface area contributed by atoms with Gasteiger partial charge < -0.3 is 4.74 Å². The molecule has 0 saturated heterocycles. The summed E-state index contributed by atoms with van der Waals surface area (Å²) >= 11 is 0. The SMILES string of the molecule is C=C(CCC(C)(C)OOC(C)(C)CC)C(=O)OOC(=O)OCC. The van der Waals surface area contributed by atoms with Crippen LogP contribution in [0.3, 0.4) is 0 Å². The van der Waals surface area contributed by atoms with Crippen LogP contribution in [0.2, 0.25) is 0 Å². The number of carbonyl (C=O) groups is 2. The van der Waals surface area contributed by atoms with E-state index in [4.69, 9.17) is 9.78 Å². The predicted octanol–water partition coefficient (Wildman–Crippen LogP) is 3.87. The summed E-state index contributed by atoms with van der Waals surface area (Å²) in [6.45, 7) is 14.9. The minimum atomic E-state index is -1.08. The van der Waals surface area contributed by atoms with Crippen LogP contribution in [0.4, 0.5) is 4.79 Å². The fourth-order valence-corrected chi connectivity index (χ4v) is 1.15. The van der Waals surface area contributed by atoms with Crippen LogP contribution >= 0.6 is 0 Å². The maximum Gasteiger partial charge on any atom is 0.549 e. The van der Waals surface area contributed by atoms with Gasteiger partial charge in [-0.3, -0.25) is 0 Å². The zero-order chi connectivity index (χ0) is 18.1. The molecule has 0 aliphatic carbocycles. The van der Waals surface area contributed by atoms with Crippen LogP contribution in [0, 0.1) is 0 Å². The largest absolute Gasteiger partial charge is 0.549 e. The first-order valence-electron chi connectivity index (χ1n) is 7.63. The first-order chi connectivity index (χ1) is 10.5. The van der Waals surface area contributed by atoms with Gasteiger partial charge in [-0.25, -0.2) is 24.3 Å². The lowest BCUT2D eigenvalue weighted by Gasteiger charge is -2.30. The smallest absolute Gasteiger partial charge is 0.432 e. The van der Waals surface area contributed by atoms with Crippen molar-refractivity contribution in [1.82, 2.24) is 0 Å². The van der Waals surface area contributed by atoms with Crippen molar-refractivity contribution in [3.05, 3.63) is 12.2 Å². The van der Waals surface area contributed by atoms with Crippen LogP contribution in [0.1, 0.15) is 60.8 Å². The maximum absolute atomic E-state index is 11.6. The van der Waals surface area contributed by atoms with Crippen molar-refractivity contribution < 1.29 is 33.9 Å². The summed E-state index contributed by atoms with van der Waals surface area (Å²) in [5.74, 6) is -0.830. The number of hydrogen-bond acceptors (Lipinski definition) is 7. The molecule has 0 rings (SSSR count). The molecule has 0 spiro atoms. The third-order valence-corrected chi connectivity index (χ3v) is 3.11. The molecule has 7 nitrogen and oxygen atoms in total. The molecule has 0 heterocycles. The maximum atomic E-state index is 11.6. The number of ether oxygens (including phenoxy) is 1. The van der Waals surface area contributed by atoms with E-state index < -0.39 is 17.7 Å². The van der Waals surface area contributed by atoms with Crippen molar-refractivity contribution in [2.45, 2.75) is 72.0 Å². The van der Waals surface area contributed by atoms with Crippen LogP contribution < -0.4 is 0 Å². The zero-order valence-corrected chi connectivity index (χ0v) is 14.9. The van der Waals surface area contributed by atoms with E-state index in [1.54, 1.807) is 6.92 Å². The van der Waals surface area contributed by atoms with Gasteiger partial charge >= 0.3 is 12.1 Å². The Hall–Kier alpha value is -1.60. The molecule has 0 unspecified atom stereocenters. The van der Waals surface area contributed by atoms with E-state index in [1.165, 1.54) is 0 Å². The monoisotopic (exact) mass is 332 g/mol. The molecule has 0 N–H and O–H groups in total. The summed E-state index contributed by atoms with van der Waals surface area (Å²) in [5.41, 5.74) is -0.848. The van der Waals surface area contributed by atoms with Crippen LogP contribution in [0.15, 0.2) is 12.2 Å². The van der Waals surface area contributed by atoms with Crippen LogP contribution in [-0.4, -0.2) is 29.9 Å². The highest BCUT2D eigenvalue weighted by Crippen LogP contribution is 2.24. The molecule has 0 aliphatic rings. The zero-order valence-electron chi connectivity index (χ0n) is 14.9. The Balaban J connectivity index is 4.19. The molecule has 0 aromatic heterocycles. The van der Waals surface area contributed by atoms with Gasteiger partial charge in [-0.1, -0.05) is 13.5 Å². The van der Waals surface area contributed by atoms with Gasteiger partial charge in [-0.2, -0.15) is 4.79 Å². The van der Waals surface area contributed by atoms with Gasteiger partial charge in [0.25, 0.3) is 0 Å². The number of hydrogen-bond donors (Lipinski definition) is 0. The van der Waals surface area contributed by atoms with E-state index >= 15 is 0 Å². The van der Waals surface area contributed by atoms with E-state index in [-0.39, 0.29) is 17.8 Å². The Morgan fingerprint density at radius 3 is 2.04 bits per heavy atom. The molecule has 134 valence electrons. The van der Waals surface area contributed by atoms with Gasteiger partial charge in [0.1, 0.15) is 0 Å². The van der Waals surface area contributed by atoms with Crippen LogP contribution in [0.25, 0.3) is 0 Å². The third-order valence-electron chi connectivity index (χ3n) is 3.11. The number of carbonyl (C=O) groups excluding carboxylic acids is 2. The Bertz CT molecular complexity index is 413. The average Bonchev–Trinajstić information content (AvgIpc) is 2.49. The van der Waals surface area contributed by atoms with Gasteiger partial charge in [0.15, 0.2) is 0 Å². The second-order valence-electron chi connectivity index (χ2n) is 6.28. The Morgan fingerprint density at radius 2 is 1.52 bits per heavy atom. The first-order valence-corrected chi connectivity index (χ1v) is 7.63. The molecule has 0 aromatic carbocycles. The molecule has 0 aliphatic heterocycles. The summed E-state index contributed by atoms with van der Waals surface area (Å²) in [5, 5.41) is 0. The summed E-state index contributed by atoms with van der Waals surface area (Å²) in [4.78, 5) is 41.9. The fourth-order valence-electron chi connectivity index (χ4n) is 1.15. The standard InChI is InChI=1S/C16H28O7/c1-8-15(4,5)22-23-16(6,7)11-10-12(3)13(17)20-21-14(18)19-9-2/h3,8-11H2,1-2,4-7H3. The molecule has 0 fully saturated rings. The second kappa shape index (κ2) is 9.52. The van der Waals surface area contributed by atoms with Crippen LogP contribution in [0.5, 0.6) is 0 Å². The molecule has 0 radical (unpaired) electrons. The van der Waals surface area contributed by atoms with Crippen molar-refractivity contribution in [2.24, 2.45) is 0 Å². The van der Waals surface area contributed by atoms with Crippen molar-refractivity contribution in [3.8, 4) is 0 Å². The average molecular weight is 332 g/mol. The molecule has 0 aromatic rings. The topological polar surface area (TPSA) is 80.3 Å². The Labute approximate surface area is 137 Å². The van der Waals surface area contributed by atoms with Gasteiger partial charge in [-0.05, 0) is 53.9 Å². The van der Waals surface area contributed by atoms with Gasteiger partial charge in [-0.15, -0.1) is 0 Å². The van der Waals surface area contributed by atoms with E-state index in [9.17, 15) is 9.59 Å². The summed E-state index contributed by atoms with van der Waals surface area (Å²) in [6, 6.07) is 0. The minimum Gasteiger partial charge on any atom is -0.432 e. The molecule has 0 atom stereocenters. The van der Waals surface area contributed by atoms with Crippen LogP contribution in [-0.2, 0) is 29.1 Å². The molecule has 0 amide bonds. The normalized spacial score (nSPS) is 11.7. The van der Waals surface area contributed by atoms with E-state index in [0.717, 1.165) is 6.42 Å². The molecular formula is C16H28O7. The predicted molar refractivity (Wildman–Crippen MR) is 83.2 cm³/mol. The Kier molecular flexibility index (Phi) is 8.86. The van der Waals surface area contributed by atoms with Crippen molar-refractivity contribution in [2.75, 3.05) is 6.61 Å². The molecule has 7 heteroatoms. The Morgan fingerprint density at radius 1 is 0.957 bits per heavy atom. The fraction of sp³-hybridized carbons (Fsp3) is 0.750. The molecule has 23 heavy (non-hydrogen) atoms. The highest BCUT2D eigenvalue weighted by Gasteiger charge is 2.26. The molecular weight excluding hydrogens is 304 g/mol. The van der Waals surface area contributed by atoms with Gasteiger partial charge in [0.05, 0.1) is 17.8 Å². The molecule has 0 saturated carbocycles. The number of rotatable bonds is 9. The highest BCUT2D eigenvalue weighted by molar-refractivity contribution is 5.87. The summed E-state index contributed by atoms with van der Waals surface area (Å²) < 4.78 is 4.46. The van der Waals surface area contributed by atoms with Crippen molar-refractivity contribution in [1.29, 1.82) is 0 Å². The summed E-state index contributed by atoms with van der Waals surface area (Å²) in [6.07, 6.45) is 0.494. The second-order valence-corrected chi connectivity index (χ2v) is 6.28. The lowest BCUT2D eigenvalue weighted by molar-refractivity contribution is -0.402. The van der Waals surface area contributed by atoms with Crippen molar-refractivity contribution in [3.63, 3.8) is 0 Å². The lowest BCUT2D eigenvalue weighted by Crippen LogP contribution is -2.32. The van der Waals surface area contributed by atoms with E-state index in [0.29, 0.717) is 12.8 Å². The summed E-state index contributed by atoms with van der Waals surface area (Å²) in [7, 11) is 0. The quantitative estimate of drug-likeness (QED) is 0.274. The van der Waals surface area contributed by atoms with E-state index in [2.05, 4.69) is 21.1 Å². The minimum absolute atomic E-state index is 0.122. The van der Waals surface area contributed by atoms with E-state index in [1.807, 2.05) is 34.6 Å². The lowest BCUT2D eigenvalue weighted by atomic mass is 9.99. The van der Waals surface area contributed by atoms with Gasteiger partial charge in [0.2, 0.25) is 0 Å².